The van der Waals surface area contributed by atoms with Crippen LogP contribution in [0.3, 0.4) is 0 Å². The van der Waals surface area contributed by atoms with Gasteiger partial charge in [0.1, 0.15) is 5.65 Å². The van der Waals surface area contributed by atoms with Gasteiger partial charge in [0, 0.05) is 59.3 Å². The second kappa shape index (κ2) is 8.67. The first-order chi connectivity index (χ1) is 17.6. The molecule has 36 heavy (non-hydrogen) atoms. The monoisotopic (exact) mass is 475 g/mol. The zero-order valence-electron chi connectivity index (χ0n) is 19.2. The molecule has 0 spiro atoms. The van der Waals surface area contributed by atoms with Crippen molar-refractivity contribution in [1.29, 1.82) is 0 Å². The molecule has 5 aromatic rings. The second-order valence-electron chi connectivity index (χ2n) is 8.72. The Kier molecular flexibility index (Phi) is 5.19. The largest absolute Gasteiger partial charge is 0.343 e. The first kappa shape index (κ1) is 21.6. The molecule has 6 rings (SSSR count). The third kappa shape index (κ3) is 3.75. The molecule has 0 radical (unpaired) electrons. The van der Waals surface area contributed by atoms with Crippen LogP contribution in [0, 0.1) is 12.3 Å². The third-order valence-corrected chi connectivity index (χ3v) is 6.56. The molecule has 2 N–H and O–H groups in total. The molecule has 1 aliphatic heterocycles. The molecule has 1 saturated heterocycles. The van der Waals surface area contributed by atoms with Crippen molar-refractivity contribution in [3.8, 4) is 23.5 Å². The number of fused-ring (bicyclic) bond motifs is 2. The van der Waals surface area contributed by atoms with Gasteiger partial charge in [-0.1, -0.05) is 6.07 Å². The van der Waals surface area contributed by atoms with E-state index < -0.39 is 5.91 Å². The average molecular weight is 476 g/mol. The first-order valence-electron chi connectivity index (χ1n) is 11.5. The summed E-state index contributed by atoms with van der Waals surface area (Å²) in [5.74, 6) is 1.54. The number of rotatable bonds is 4. The molecule has 0 aliphatic carbocycles. The minimum absolute atomic E-state index is 0.0805. The number of carbonyl (C=O) groups excluding carboxylic acids is 2. The molecule has 1 atom stereocenters. The number of aromatic nitrogens is 5. The minimum atomic E-state index is -0.548. The molecule has 9 heteroatoms. The standard InChI is InChI=1S/C27H21N7O2/c1-2-25(35)31-19-6-3-5-17(13-19)27(36)33-12-9-18(16-33)23-14-21-20(8-11-28-26(21)32-23)22-15-30-34-24(22)7-4-10-29-34/h1,3-8,10-11,13-15,18H,9,12,16H2,(H,28,32)(H,31,35). The van der Waals surface area contributed by atoms with Gasteiger partial charge in [-0.25, -0.2) is 4.98 Å². The van der Waals surface area contributed by atoms with Crippen LogP contribution in [0.15, 0.2) is 67.1 Å². The van der Waals surface area contributed by atoms with Crippen LogP contribution >= 0.6 is 0 Å². The van der Waals surface area contributed by atoms with Gasteiger partial charge in [0.05, 0.1) is 11.7 Å². The smallest absolute Gasteiger partial charge is 0.300 e. The van der Waals surface area contributed by atoms with Crippen LogP contribution in [0.2, 0.25) is 0 Å². The summed E-state index contributed by atoms with van der Waals surface area (Å²) in [7, 11) is 0. The summed E-state index contributed by atoms with van der Waals surface area (Å²) >= 11 is 0. The van der Waals surface area contributed by atoms with Gasteiger partial charge in [0.2, 0.25) is 0 Å². The van der Waals surface area contributed by atoms with E-state index in [9.17, 15) is 9.59 Å². The number of benzene rings is 1. The van der Waals surface area contributed by atoms with E-state index in [1.54, 1.807) is 41.3 Å². The number of terminal acetylenes is 1. The number of likely N-dealkylation sites (tertiary alicyclic amines) is 1. The van der Waals surface area contributed by atoms with Crippen molar-refractivity contribution < 1.29 is 9.59 Å². The van der Waals surface area contributed by atoms with Crippen molar-refractivity contribution in [1.82, 2.24) is 29.7 Å². The molecule has 1 aliphatic rings. The van der Waals surface area contributed by atoms with E-state index in [0.29, 0.717) is 24.3 Å². The normalized spacial score (nSPS) is 15.3. The molecule has 1 unspecified atom stereocenters. The number of amides is 2. The Hall–Kier alpha value is -4.97. The number of pyridine rings is 1. The highest BCUT2D eigenvalue weighted by molar-refractivity contribution is 6.04. The lowest BCUT2D eigenvalue weighted by Crippen LogP contribution is -2.28. The number of carbonyl (C=O) groups is 2. The van der Waals surface area contributed by atoms with Crippen LogP contribution < -0.4 is 5.32 Å². The minimum Gasteiger partial charge on any atom is -0.343 e. The van der Waals surface area contributed by atoms with Crippen molar-refractivity contribution in [3.63, 3.8) is 0 Å². The zero-order valence-corrected chi connectivity index (χ0v) is 19.2. The van der Waals surface area contributed by atoms with Crippen LogP contribution in [0.25, 0.3) is 27.7 Å². The van der Waals surface area contributed by atoms with E-state index in [2.05, 4.69) is 31.5 Å². The maximum absolute atomic E-state index is 13.2. The summed E-state index contributed by atoms with van der Waals surface area (Å²) in [6.45, 7) is 1.22. The van der Waals surface area contributed by atoms with Gasteiger partial charge >= 0.3 is 0 Å². The highest BCUT2D eigenvalue weighted by Gasteiger charge is 2.29. The number of aromatic amines is 1. The fourth-order valence-corrected chi connectivity index (χ4v) is 4.82. The lowest BCUT2D eigenvalue weighted by molar-refractivity contribution is -0.111. The number of nitrogens with zero attached hydrogens (tertiary/aromatic N) is 5. The van der Waals surface area contributed by atoms with Crippen LogP contribution in [0.1, 0.15) is 28.4 Å². The highest BCUT2D eigenvalue weighted by Crippen LogP contribution is 2.35. The molecule has 1 fully saturated rings. The predicted octanol–water partition coefficient (Wildman–Crippen LogP) is 3.47. The van der Waals surface area contributed by atoms with Crippen LogP contribution in [-0.2, 0) is 4.79 Å². The molecule has 0 saturated carbocycles. The van der Waals surface area contributed by atoms with Gasteiger partial charge in [-0.15, -0.1) is 6.42 Å². The quantitative estimate of drug-likeness (QED) is 0.387. The lowest BCUT2D eigenvalue weighted by atomic mass is 10.0. The fourth-order valence-electron chi connectivity index (χ4n) is 4.82. The summed E-state index contributed by atoms with van der Waals surface area (Å²) in [5, 5.41) is 12.2. The fraction of sp³-hybridized carbons (Fsp3) is 0.148. The van der Waals surface area contributed by atoms with Crippen LogP contribution in [0.5, 0.6) is 0 Å². The molecule has 4 aromatic heterocycles. The van der Waals surface area contributed by atoms with E-state index in [1.165, 1.54) is 0 Å². The van der Waals surface area contributed by atoms with Crippen molar-refractivity contribution in [3.05, 3.63) is 78.4 Å². The molecular formula is C27H21N7O2. The van der Waals surface area contributed by atoms with E-state index in [4.69, 9.17) is 6.42 Å². The zero-order chi connectivity index (χ0) is 24.6. The van der Waals surface area contributed by atoms with Crippen molar-refractivity contribution in [2.75, 3.05) is 18.4 Å². The summed E-state index contributed by atoms with van der Waals surface area (Å²) < 4.78 is 1.61. The van der Waals surface area contributed by atoms with E-state index in [0.717, 1.165) is 39.8 Å². The third-order valence-electron chi connectivity index (χ3n) is 6.56. The first-order valence-corrected chi connectivity index (χ1v) is 11.5. The number of nitrogens with one attached hydrogen (secondary N) is 2. The number of hydrogen-bond acceptors (Lipinski definition) is 5. The van der Waals surface area contributed by atoms with Crippen LogP contribution in [-0.4, -0.2) is 54.6 Å². The Morgan fingerprint density at radius 1 is 1.08 bits per heavy atom. The van der Waals surface area contributed by atoms with Gasteiger partial charge in [0.15, 0.2) is 0 Å². The van der Waals surface area contributed by atoms with Gasteiger partial charge < -0.3 is 15.2 Å². The van der Waals surface area contributed by atoms with Crippen molar-refractivity contribution >= 4 is 34.1 Å². The number of hydrogen-bond donors (Lipinski definition) is 2. The Labute approximate surface area is 206 Å². The summed E-state index contributed by atoms with van der Waals surface area (Å²) in [5.41, 5.74) is 5.79. The summed E-state index contributed by atoms with van der Waals surface area (Å²) in [4.78, 5) is 34.5. The maximum Gasteiger partial charge on any atom is 0.300 e. The lowest BCUT2D eigenvalue weighted by Gasteiger charge is -2.17. The molecular weight excluding hydrogens is 454 g/mol. The van der Waals surface area contributed by atoms with E-state index in [-0.39, 0.29) is 11.8 Å². The van der Waals surface area contributed by atoms with Crippen molar-refractivity contribution in [2.45, 2.75) is 12.3 Å². The Morgan fingerprint density at radius 3 is 2.89 bits per heavy atom. The van der Waals surface area contributed by atoms with Gasteiger partial charge in [-0.2, -0.15) is 14.8 Å². The molecule has 9 nitrogen and oxygen atoms in total. The predicted molar refractivity (Wildman–Crippen MR) is 135 cm³/mol. The van der Waals surface area contributed by atoms with Gasteiger partial charge in [0.25, 0.3) is 11.8 Å². The SMILES string of the molecule is C#CC(=O)Nc1cccc(C(=O)N2CCC(c3cc4c(-c5cnn6ncccc56)ccnc4[nH]3)C2)c1. The van der Waals surface area contributed by atoms with Crippen molar-refractivity contribution in [2.24, 2.45) is 0 Å². The molecule has 2 amide bonds. The number of anilines is 1. The Morgan fingerprint density at radius 2 is 2.00 bits per heavy atom. The van der Waals surface area contributed by atoms with Gasteiger partial charge in [-0.05, 0) is 60.4 Å². The molecule has 1 aromatic carbocycles. The maximum atomic E-state index is 13.2. The Bertz CT molecular complexity index is 1680. The number of H-pyrrole nitrogens is 1. The van der Waals surface area contributed by atoms with E-state index >= 15 is 0 Å². The second-order valence-corrected chi connectivity index (χ2v) is 8.72. The van der Waals surface area contributed by atoms with E-state index in [1.807, 2.05) is 35.2 Å². The molecule has 176 valence electrons. The molecule has 5 heterocycles. The topological polar surface area (TPSA) is 108 Å². The van der Waals surface area contributed by atoms with Gasteiger partial charge in [-0.3, -0.25) is 9.59 Å². The summed E-state index contributed by atoms with van der Waals surface area (Å²) in [6, 6.07) is 14.8. The average Bonchev–Trinajstić information content (AvgIpc) is 3.66. The highest BCUT2D eigenvalue weighted by atomic mass is 16.2. The molecule has 0 bridgehead atoms. The van der Waals surface area contributed by atoms with Crippen LogP contribution in [0.4, 0.5) is 5.69 Å². The Balaban J connectivity index is 1.25. The summed E-state index contributed by atoms with van der Waals surface area (Å²) in [6.07, 6.45) is 11.3.